The minimum absolute atomic E-state index is 0.684. The second kappa shape index (κ2) is 4.74. The number of rotatable bonds is 2. The summed E-state index contributed by atoms with van der Waals surface area (Å²) in [5.74, 6) is 1.74. The highest BCUT2D eigenvalue weighted by Gasteiger charge is 2.17. The van der Waals surface area contributed by atoms with Crippen LogP contribution in [0.4, 0.5) is 0 Å². The highest BCUT2D eigenvalue weighted by Crippen LogP contribution is 2.19. The van der Waals surface area contributed by atoms with E-state index in [4.69, 9.17) is 0 Å². The van der Waals surface area contributed by atoms with E-state index >= 15 is 0 Å². The quantitative estimate of drug-likeness (QED) is 0.862. The largest absolute Gasteiger partial charge is 0.316 e. The Hall–Kier alpha value is -0.940. The summed E-state index contributed by atoms with van der Waals surface area (Å²) in [4.78, 5) is 0. The molecule has 2 aromatic heterocycles. The second-order valence-electron chi connectivity index (χ2n) is 4.57. The zero-order chi connectivity index (χ0) is 11.7. The van der Waals surface area contributed by atoms with Gasteiger partial charge in [-0.05, 0) is 59.9 Å². The summed E-state index contributed by atoms with van der Waals surface area (Å²) in [7, 11) is 0. The van der Waals surface area contributed by atoms with Crippen LogP contribution in [-0.2, 0) is 6.42 Å². The first-order valence-electron chi connectivity index (χ1n) is 6.04. The van der Waals surface area contributed by atoms with Crippen LogP contribution in [-0.4, -0.2) is 27.7 Å². The van der Waals surface area contributed by atoms with E-state index in [0.717, 1.165) is 35.6 Å². The van der Waals surface area contributed by atoms with Gasteiger partial charge in [-0.2, -0.15) is 0 Å². The highest BCUT2D eigenvalue weighted by atomic mass is 79.9. The summed E-state index contributed by atoms with van der Waals surface area (Å²) in [5.41, 5.74) is 0.915. The van der Waals surface area contributed by atoms with Crippen LogP contribution >= 0.6 is 15.9 Å². The van der Waals surface area contributed by atoms with Gasteiger partial charge in [-0.1, -0.05) is 6.07 Å². The average Bonchev–Trinajstić information content (AvgIpc) is 2.75. The highest BCUT2D eigenvalue weighted by molar-refractivity contribution is 9.10. The van der Waals surface area contributed by atoms with Crippen molar-refractivity contribution in [3.05, 3.63) is 28.6 Å². The van der Waals surface area contributed by atoms with Crippen molar-refractivity contribution in [2.45, 2.75) is 19.3 Å². The molecular weight excluding hydrogens is 280 g/mol. The first kappa shape index (κ1) is 11.2. The fourth-order valence-corrected chi connectivity index (χ4v) is 2.99. The first-order valence-corrected chi connectivity index (χ1v) is 6.83. The predicted molar refractivity (Wildman–Crippen MR) is 70.0 cm³/mol. The molecule has 2 aromatic rings. The molecule has 4 nitrogen and oxygen atoms in total. The van der Waals surface area contributed by atoms with E-state index in [1.165, 1.54) is 12.8 Å². The minimum Gasteiger partial charge on any atom is -0.316 e. The molecule has 17 heavy (non-hydrogen) atoms. The van der Waals surface area contributed by atoms with E-state index in [2.05, 4.69) is 35.8 Å². The Bertz CT molecular complexity index is 516. The molecule has 1 saturated heterocycles. The van der Waals surface area contributed by atoms with Gasteiger partial charge < -0.3 is 5.32 Å². The smallest absolute Gasteiger partial charge is 0.161 e. The van der Waals surface area contributed by atoms with Crippen molar-refractivity contribution in [3.63, 3.8) is 0 Å². The van der Waals surface area contributed by atoms with Crippen LogP contribution in [0.5, 0.6) is 0 Å². The maximum Gasteiger partial charge on any atom is 0.161 e. The molecule has 90 valence electrons. The van der Waals surface area contributed by atoms with Crippen LogP contribution in [0, 0.1) is 5.92 Å². The third-order valence-corrected chi connectivity index (χ3v) is 3.94. The van der Waals surface area contributed by atoms with E-state index in [1.807, 2.05) is 18.2 Å². The molecule has 5 heteroatoms. The maximum absolute atomic E-state index is 4.31. The van der Waals surface area contributed by atoms with Crippen molar-refractivity contribution in [2.24, 2.45) is 5.92 Å². The van der Waals surface area contributed by atoms with Gasteiger partial charge >= 0.3 is 0 Å². The fraction of sp³-hybridized carbons (Fsp3) is 0.500. The normalized spacial score (nSPS) is 20.9. The number of fused-ring (bicyclic) bond motifs is 1. The van der Waals surface area contributed by atoms with Crippen molar-refractivity contribution in [3.8, 4) is 0 Å². The van der Waals surface area contributed by atoms with Crippen LogP contribution < -0.4 is 5.32 Å². The van der Waals surface area contributed by atoms with E-state index in [0.29, 0.717) is 5.92 Å². The van der Waals surface area contributed by atoms with Gasteiger partial charge in [0.15, 0.2) is 5.65 Å². The maximum atomic E-state index is 4.31. The Kier molecular flexibility index (Phi) is 3.11. The molecule has 0 aliphatic carbocycles. The molecule has 1 fully saturated rings. The molecule has 0 spiro atoms. The molecule has 1 aliphatic rings. The summed E-state index contributed by atoms with van der Waals surface area (Å²) in [6.45, 7) is 2.25. The van der Waals surface area contributed by atoms with E-state index in [1.54, 1.807) is 0 Å². The van der Waals surface area contributed by atoms with Crippen LogP contribution in [0.1, 0.15) is 18.7 Å². The van der Waals surface area contributed by atoms with Crippen LogP contribution in [0.25, 0.3) is 5.65 Å². The van der Waals surface area contributed by atoms with E-state index < -0.39 is 0 Å². The van der Waals surface area contributed by atoms with Crippen LogP contribution in [0.2, 0.25) is 0 Å². The Morgan fingerprint density at radius 3 is 3.18 bits per heavy atom. The second-order valence-corrected chi connectivity index (χ2v) is 5.39. The number of aromatic nitrogens is 3. The van der Waals surface area contributed by atoms with Crippen molar-refractivity contribution in [1.82, 2.24) is 19.9 Å². The molecule has 0 bridgehead atoms. The molecule has 0 aromatic carbocycles. The summed E-state index contributed by atoms with van der Waals surface area (Å²) in [6, 6.07) is 6.00. The molecule has 0 saturated carbocycles. The van der Waals surface area contributed by atoms with E-state index in [-0.39, 0.29) is 0 Å². The van der Waals surface area contributed by atoms with Gasteiger partial charge in [-0.25, -0.2) is 0 Å². The van der Waals surface area contributed by atoms with Crippen molar-refractivity contribution < 1.29 is 0 Å². The molecule has 3 rings (SSSR count). The predicted octanol–water partition coefficient (Wildman–Crippen LogP) is 2.03. The van der Waals surface area contributed by atoms with Gasteiger partial charge in [0.05, 0.1) is 4.60 Å². The van der Waals surface area contributed by atoms with Gasteiger partial charge in [0.1, 0.15) is 5.82 Å². The molecule has 0 amide bonds. The molecule has 3 heterocycles. The van der Waals surface area contributed by atoms with Crippen LogP contribution in [0.3, 0.4) is 0 Å². The third-order valence-electron chi connectivity index (χ3n) is 3.32. The number of piperidine rings is 1. The summed E-state index contributed by atoms with van der Waals surface area (Å²) < 4.78 is 3.12. The minimum atomic E-state index is 0.684. The van der Waals surface area contributed by atoms with Crippen molar-refractivity contribution in [2.75, 3.05) is 13.1 Å². The molecule has 1 atom stereocenters. The topological polar surface area (TPSA) is 42.2 Å². The number of hydrogen-bond acceptors (Lipinski definition) is 3. The summed E-state index contributed by atoms with van der Waals surface area (Å²) in [5, 5.41) is 12.0. The SMILES string of the molecule is Brc1cccc2nnc(CC3CCCNC3)n12. The lowest BCUT2D eigenvalue weighted by molar-refractivity contribution is 0.369. The van der Waals surface area contributed by atoms with Crippen molar-refractivity contribution >= 4 is 21.6 Å². The first-order chi connectivity index (χ1) is 8.34. The molecule has 1 unspecified atom stereocenters. The third kappa shape index (κ3) is 2.21. The lowest BCUT2D eigenvalue weighted by Gasteiger charge is -2.21. The number of nitrogens with zero attached hydrogens (tertiary/aromatic N) is 3. The van der Waals surface area contributed by atoms with Crippen molar-refractivity contribution in [1.29, 1.82) is 0 Å². The standard InChI is InChI=1S/C12H15BrN4/c13-10-4-1-5-11-15-16-12(17(10)11)7-9-3-2-6-14-8-9/h1,4-5,9,14H,2-3,6-8H2. The number of nitrogens with one attached hydrogen (secondary N) is 1. The zero-order valence-corrected chi connectivity index (χ0v) is 11.2. The number of pyridine rings is 1. The fourth-order valence-electron chi connectivity index (χ4n) is 2.45. The lowest BCUT2D eigenvalue weighted by Crippen LogP contribution is -2.31. The van der Waals surface area contributed by atoms with Crippen LogP contribution in [0.15, 0.2) is 22.8 Å². The summed E-state index contributed by atoms with van der Waals surface area (Å²) >= 11 is 3.56. The Morgan fingerprint density at radius 2 is 2.35 bits per heavy atom. The molecule has 1 aliphatic heterocycles. The zero-order valence-electron chi connectivity index (χ0n) is 9.56. The molecule has 1 N–H and O–H groups in total. The number of halogens is 1. The van der Waals surface area contributed by atoms with Gasteiger partial charge in [-0.15, -0.1) is 10.2 Å². The van der Waals surface area contributed by atoms with Gasteiger partial charge in [0.25, 0.3) is 0 Å². The van der Waals surface area contributed by atoms with E-state index in [9.17, 15) is 0 Å². The van der Waals surface area contributed by atoms with Gasteiger partial charge in [-0.3, -0.25) is 4.40 Å². The molecule has 0 radical (unpaired) electrons. The molecular formula is C12H15BrN4. The van der Waals surface area contributed by atoms with Gasteiger partial charge in [0, 0.05) is 6.42 Å². The van der Waals surface area contributed by atoms with Gasteiger partial charge in [0.2, 0.25) is 0 Å². The monoisotopic (exact) mass is 294 g/mol. The Labute approximate surface area is 109 Å². The Balaban J connectivity index is 1.89. The Morgan fingerprint density at radius 1 is 1.41 bits per heavy atom. The average molecular weight is 295 g/mol. The number of hydrogen-bond donors (Lipinski definition) is 1. The summed E-state index contributed by atoms with van der Waals surface area (Å²) in [6.07, 6.45) is 3.55. The lowest BCUT2D eigenvalue weighted by atomic mass is 9.96.